The van der Waals surface area contributed by atoms with Crippen molar-refractivity contribution in [2.45, 2.75) is 37.1 Å². The molecule has 0 amide bonds. The van der Waals surface area contributed by atoms with Crippen molar-refractivity contribution in [2.75, 3.05) is 13.7 Å². The van der Waals surface area contributed by atoms with Crippen LogP contribution in [0.4, 0.5) is 0 Å². The van der Waals surface area contributed by atoms with Crippen molar-refractivity contribution in [3.05, 3.63) is 40.6 Å². The first-order chi connectivity index (χ1) is 18.9. The number of phenolic OH excluding ortho intramolecular Hbond substituents is 3. The number of carbonyl (C=O) groups excluding carboxylic acids is 1. The number of methoxy groups -OCH3 is 1. The second-order valence-corrected chi connectivity index (χ2v) is 8.70. The Morgan fingerprint density at radius 1 is 0.975 bits per heavy atom. The Hall–Kier alpha value is -4.57. The van der Waals surface area contributed by atoms with Crippen molar-refractivity contribution in [1.29, 1.82) is 0 Å². The quantitative estimate of drug-likeness (QED) is 0.138. The number of carboxylic acids is 1. The van der Waals surface area contributed by atoms with E-state index in [0.29, 0.717) is 0 Å². The van der Waals surface area contributed by atoms with Crippen LogP contribution in [0.2, 0.25) is 0 Å². The third kappa shape index (κ3) is 5.57. The Labute approximate surface area is 223 Å². The zero-order valence-electron chi connectivity index (χ0n) is 20.6. The zero-order chi connectivity index (χ0) is 29.3. The van der Waals surface area contributed by atoms with Crippen molar-refractivity contribution in [2.24, 2.45) is 0 Å². The number of rotatable bonds is 8. The van der Waals surface area contributed by atoms with Gasteiger partial charge in [0.15, 0.2) is 17.3 Å². The molecule has 0 radical (unpaired) electrons. The van der Waals surface area contributed by atoms with Crippen LogP contribution in [0.3, 0.4) is 0 Å². The maximum atomic E-state index is 13.5. The Kier molecular flexibility index (Phi) is 8.01. The molecule has 3 aromatic rings. The smallest absolute Gasteiger partial charge is 0.317 e. The van der Waals surface area contributed by atoms with Gasteiger partial charge in [-0.3, -0.25) is 14.4 Å². The highest BCUT2D eigenvalue weighted by atomic mass is 16.7. The first-order valence-corrected chi connectivity index (χ1v) is 11.5. The fourth-order valence-corrected chi connectivity index (χ4v) is 4.00. The summed E-state index contributed by atoms with van der Waals surface area (Å²) in [5.74, 6) is -5.01. The number of benzene rings is 2. The van der Waals surface area contributed by atoms with E-state index in [1.165, 1.54) is 25.3 Å². The molecule has 7 N–H and O–H groups in total. The Balaban J connectivity index is 1.77. The van der Waals surface area contributed by atoms with Gasteiger partial charge >= 0.3 is 11.9 Å². The van der Waals surface area contributed by atoms with Crippen molar-refractivity contribution < 1.29 is 68.7 Å². The summed E-state index contributed by atoms with van der Waals surface area (Å²) >= 11 is 0. The Morgan fingerprint density at radius 2 is 1.70 bits per heavy atom. The van der Waals surface area contributed by atoms with Crippen LogP contribution in [0.15, 0.2) is 39.5 Å². The number of aromatic hydroxyl groups is 3. The van der Waals surface area contributed by atoms with Crippen LogP contribution in [0, 0.1) is 0 Å². The number of phenols is 3. The van der Waals surface area contributed by atoms with Crippen molar-refractivity contribution in [3.63, 3.8) is 0 Å². The van der Waals surface area contributed by atoms with Crippen LogP contribution in [0.25, 0.3) is 22.3 Å². The molecule has 214 valence electrons. The second-order valence-electron chi connectivity index (χ2n) is 8.70. The van der Waals surface area contributed by atoms with Crippen molar-refractivity contribution >= 4 is 22.9 Å². The molecule has 1 aromatic heterocycles. The van der Waals surface area contributed by atoms with E-state index in [2.05, 4.69) is 0 Å². The van der Waals surface area contributed by atoms with E-state index in [1.807, 2.05) is 0 Å². The van der Waals surface area contributed by atoms with Crippen LogP contribution >= 0.6 is 0 Å². The third-order valence-electron chi connectivity index (χ3n) is 5.97. The number of aliphatic carboxylic acids is 1. The number of aliphatic hydroxyl groups excluding tert-OH is 3. The van der Waals surface area contributed by atoms with E-state index in [9.17, 15) is 45.0 Å². The number of hydrogen-bond donors (Lipinski definition) is 7. The van der Waals surface area contributed by atoms with E-state index in [4.69, 9.17) is 28.5 Å². The van der Waals surface area contributed by atoms with E-state index in [-0.39, 0.29) is 28.4 Å². The number of carboxylic acid groups (broad SMARTS) is 1. The number of esters is 1. The van der Waals surface area contributed by atoms with Gasteiger partial charge in [-0.05, 0) is 18.2 Å². The van der Waals surface area contributed by atoms with Crippen LogP contribution in [0.1, 0.15) is 6.42 Å². The molecule has 0 unspecified atom stereocenters. The van der Waals surface area contributed by atoms with Gasteiger partial charge in [0.2, 0.25) is 17.5 Å². The normalized spacial score (nSPS) is 22.6. The molecule has 2 aromatic carbocycles. The van der Waals surface area contributed by atoms with Gasteiger partial charge in [0, 0.05) is 17.7 Å². The fraction of sp³-hybridized carbons (Fsp3) is 0.320. The van der Waals surface area contributed by atoms with Gasteiger partial charge in [-0.25, -0.2) is 0 Å². The molecule has 40 heavy (non-hydrogen) atoms. The topological polar surface area (TPSA) is 243 Å². The number of carbonyl (C=O) groups is 2. The highest BCUT2D eigenvalue weighted by Crippen LogP contribution is 2.39. The second kappa shape index (κ2) is 11.3. The summed E-state index contributed by atoms with van der Waals surface area (Å²) < 4.78 is 26.7. The lowest BCUT2D eigenvalue weighted by molar-refractivity contribution is -0.278. The lowest BCUT2D eigenvalue weighted by Gasteiger charge is -2.39. The summed E-state index contributed by atoms with van der Waals surface area (Å²) in [4.78, 5) is 35.8. The predicted molar refractivity (Wildman–Crippen MR) is 130 cm³/mol. The van der Waals surface area contributed by atoms with Crippen LogP contribution < -0.4 is 14.9 Å². The average Bonchev–Trinajstić information content (AvgIpc) is 2.89. The Bertz CT molecular complexity index is 1500. The first-order valence-electron chi connectivity index (χ1n) is 11.5. The van der Waals surface area contributed by atoms with E-state index in [0.717, 1.165) is 12.1 Å². The van der Waals surface area contributed by atoms with Crippen LogP contribution in [-0.4, -0.2) is 92.1 Å². The highest BCUT2D eigenvalue weighted by Gasteiger charge is 2.46. The minimum Gasteiger partial charge on any atom is -0.508 e. The molecule has 0 spiro atoms. The number of ether oxygens (including phenoxy) is 4. The van der Waals surface area contributed by atoms with Gasteiger partial charge < -0.3 is 59.1 Å². The molecule has 1 fully saturated rings. The zero-order valence-corrected chi connectivity index (χ0v) is 20.6. The van der Waals surface area contributed by atoms with Crippen LogP contribution in [-0.2, 0) is 19.1 Å². The van der Waals surface area contributed by atoms with E-state index in [1.54, 1.807) is 0 Å². The molecule has 15 nitrogen and oxygen atoms in total. The van der Waals surface area contributed by atoms with Crippen molar-refractivity contribution in [1.82, 2.24) is 0 Å². The maximum absolute atomic E-state index is 13.5. The number of aliphatic hydroxyl groups is 3. The molecule has 1 aliphatic rings. The van der Waals surface area contributed by atoms with E-state index >= 15 is 0 Å². The lowest BCUT2D eigenvalue weighted by Crippen LogP contribution is -2.60. The molecule has 0 bridgehead atoms. The molecule has 2 heterocycles. The SMILES string of the molecule is COc1cc(-c2oc3cc(O)cc(O)c3c(=O)c2O[C@@H]2O[C@@H](COC(=O)CC(=O)O)[C@H](O)[C@H](O)[C@@H]2O)ccc1O. The monoisotopic (exact) mass is 564 g/mol. The standard InChI is InChI=1S/C25H24O15/c1-36-13-4-9(2-3-11(13)27)23-24(20(33)18-12(28)5-10(26)6-14(18)38-23)40-25-22(35)21(34)19(32)15(39-25)8-37-17(31)7-16(29)30/h2-6,15,19,21-22,25-28,32,34-35H,7-8H2,1H3,(H,29,30)/t15-,19-,21-,22-,25-/m0/s1. The largest absolute Gasteiger partial charge is 0.508 e. The van der Waals surface area contributed by atoms with Crippen LogP contribution in [0.5, 0.6) is 28.7 Å². The molecular weight excluding hydrogens is 540 g/mol. The van der Waals surface area contributed by atoms with Crippen molar-refractivity contribution in [3.8, 4) is 40.1 Å². The van der Waals surface area contributed by atoms with Gasteiger partial charge in [-0.1, -0.05) is 0 Å². The minimum absolute atomic E-state index is 0.0271. The minimum atomic E-state index is -1.97. The number of fused-ring (bicyclic) bond motifs is 1. The van der Waals surface area contributed by atoms with E-state index < -0.39 is 83.7 Å². The predicted octanol–water partition coefficient (Wildman–Crippen LogP) is -0.210. The molecule has 15 heteroatoms. The summed E-state index contributed by atoms with van der Waals surface area (Å²) in [7, 11) is 1.27. The highest BCUT2D eigenvalue weighted by molar-refractivity contribution is 5.90. The van der Waals surface area contributed by atoms with Gasteiger partial charge in [0.1, 0.15) is 59.9 Å². The average molecular weight is 564 g/mol. The molecule has 0 aliphatic carbocycles. The summed E-state index contributed by atoms with van der Waals surface area (Å²) in [6.07, 6.45) is -10.1. The first kappa shape index (κ1) is 28.4. The van der Waals surface area contributed by atoms with Gasteiger partial charge in [0.25, 0.3) is 0 Å². The van der Waals surface area contributed by atoms with Gasteiger partial charge in [-0.2, -0.15) is 0 Å². The number of hydrogen-bond acceptors (Lipinski definition) is 14. The summed E-state index contributed by atoms with van der Waals surface area (Å²) in [5.41, 5.74) is -1.17. The lowest BCUT2D eigenvalue weighted by atomic mass is 9.99. The maximum Gasteiger partial charge on any atom is 0.317 e. The van der Waals surface area contributed by atoms with Gasteiger partial charge in [0.05, 0.1) is 7.11 Å². The fourth-order valence-electron chi connectivity index (χ4n) is 4.00. The molecule has 0 saturated carbocycles. The van der Waals surface area contributed by atoms with Gasteiger partial charge in [-0.15, -0.1) is 0 Å². The summed E-state index contributed by atoms with van der Waals surface area (Å²) in [6.45, 7) is -0.745. The molecule has 1 aliphatic heterocycles. The molecule has 1 saturated heterocycles. The molecular formula is C25H24O15. The Morgan fingerprint density at radius 3 is 2.38 bits per heavy atom. The summed E-state index contributed by atoms with van der Waals surface area (Å²) in [5, 5.41) is 69.7. The third-order valence-corrected chi connectivity index (χ3v) is 5.97. The summed E-state index contributed by atoms with van der Waals surface area (Å²) in [6, 6.07) is 5.74. The molecule has 4 rings (SSSR count). The molecule has 5 atom stereocenters.